The van der Waals surface area contributed by atoms with E-state index in [-0.39, 0.29) is 5.91 Å². The molecule has 0 saturated carbocycles. The number of nitrogens with one attached hydrogen (secondary N) is 1. The number of carbonyl (C=O) groups is 1. The molecule has 16 heavy (non-hydrogen) atoms. The van der Waals surface area contributed by atoms with Crippen molar-refractivity contribution in [3.63, 3.8) is 0 Å². The minimum Gasteiger partial charge on any atom is -0.303 e. The van der Waals surface area contributed by atoms with E-state index in [2.05, 4.69) is 24.2 Å². The molecule has 1 amide bonds. The smallest absolute Gasteiger partial charge is 0.233 e. The molecule has 0 bridgehead atoms. The topological polar surface area (TPSA) is 58.4 Å². The fourth-order valence-corrected chi connectivity index (χ4v) is 2.67. The number of amides is 1. The third kappa shape index (κ3) is 4.94. The van der Waals surface area contributed by atoms with E-state index in [1.54, 1.807) is 0 Å². The van der Waals surface area contributed by atoms with Crippen molar-refractivity contribution in [2.24, 2.45) is 17.7 Å². The number of hydrogen-bond donors (Lipinski definition) is 2. The summed E-state index contributed by atoms with van der Waals surface area (Å²) in [6, 6.07) is 0. The Bertz CT molecular complexity index is 210. The molecule has 0 aromatic rings. The summed E-state index contributed by atoms with van der Waals surface area (Å²) < 4.78 is 0. The molecule has 1 saturated heterocycles. The van der Waals surface area contributed by atoms with Crippen LogP contribution in [0.2, 0.25) is 0 Å². The molecule has 1 heterocycles. The molecular formula is C12H25N3O. The summed E-state index contributed by atoms with van der Waals surface area (Å²) in [6.45, 7) is 8.20. The summed E-state index contributed by atoms with van der Waals surface area (Å²) >= 11 is 0. The van der Waals surface area contributed by atoms with E-state index < -0.39 is 0 Å². The van der Waals surface area contributed by atoms with Crippen LogP contribution in [0.1, 0.15) is 39.5 Å². The van der Waals surface area contributed by atoms with Crippen molar-refractivity contribution in [2.45, 2.75) is 39.5 Å². The number of unbranched alkanes of at least 4 members (excludes halogenated alkanes) is 1. The summed E-state index contributed by atoms with van der Waals surface area (Å²) in [6.07, 6.45) is 3.93. The van der Waals surface area contributed by atoms with Crippen LogP contribution >= 0.6 is 0 Å². The first-order chi connectivity index (χ1) is 7.61. The van der Waals surface area contributed by atoms with Gasteiger partial charge in [0.1, 0.15) is 0 Å². The van der Waals surface area contributed by atoms with Crippen LogP contribution in [0.4, 0.5) is 0 Å². The second kappa shape index (κ2) is 6.86. The molecule has 94 valence electrons. The van der Waals surface area contributed by atoms with Gasteiger partial charge < -0.3 is 4.90 Å². The quantitative estimate of drug-likeness (QED) is 0.320. The maximum atomic E-state index is 10.9. The van der Waals surface area contributed by atoms with Gasteiger partial charge in [0.15, 0.2) is 0 Å². The number of piperidine rings is 1. The van der Waals surface area contributed by atoms with Crippen molar-refractivity contribution in [3.8, 4) is 0 Å². The van der Waals surface area contributed by atoms with Crippen molar-refractivity contribution in [2.75, 3.05) is 19.6 Å². The molecule has 0 radical (unpaired) electrons. The zero-order chi connectivity index (χ0) is 12.0. The molecule has 1 aliphatic rings. The Balaban J connectivity index is 2.10. The van der Waals surface area contributed by atoms with Gasteiger partial charge in [-0.15, -0.1) is 0 Å². The average molecular weight is 227 g/mol. The Morgan fingerprint density at radius 1 is 1.31 bits per heavy atom. The van der Waals surface area contributed by atoms with Crippen LogP contribution in [0.3, 0.4) is 0 Å². The van der Waals surface area contributed by atoms with Crippen molar-refractivity contribution >= 4 is 5.91 Å². The molecule has 3 N–H and O–H groups in total. The Morgan fingerprint density at radius 3 is 2.50 bits per heavy atom. The highest BCUT2D eigenvalue weighted by Gasteiger charge is 2.20. The molecular weight excluding hydrogens is 202 g/mol. The zero-order valence-electron chi connectivity index (χ0n) is 10.5. The number of nitrogens with two attached hydrogens (primary N) is 1. The minimum absolute atomic E-state index is 0.0552. The van der Waals surface area contributed by atoms with Crippen molar-refractivity contribution in [1.29, 1.82) is 0 Å². The van der Waals surface area contributed by atoms with Crippen LogP contribution in [0.15, 0.2) is 0 Å². The average Bonchev–Trinajstić information content (AvgIpc) is 2.22. The van der Waals surface area contributed by atoms with E-state index in [1.807, 2.05) is 0 Å². The Kier molecular flexibility index (Phi) is 5.77. The van der Waals surface area contributed by atoms with Crippen molar-refractivity contribution in [3.05, 3.63) is 0 Å². The zero-order valence-corrected chi connectivity index (χ0v) is 10.5. The van der Waals surface area contributed by atoms with Crippen LogP contribution in [0, 0.1) is 11.8 Å². The molecule has 1 aliphatic heterocycles. The van der Waals surface area contributed by atoms with E-state index in [9.17, 15) is 4.79 Å². The van der Waals surface area contributed by atoms with Gasteiger partial charge in [0.2, 0.25) is 5.91 Å². The van der Waals surface area contributed by atoms with E-state index in [1.165, 1.54) is 19.5 Å². The third-order valence-electron chi connectivity index (χ3n) is 3.23. The largest absolute Gasteiger partial charge is 0.303 e. The predicted molar refractivity (Wildman–Crippen MR) is 65.6 cm³/mol. The summed E-state index contributed by atoms with van der Waals surface area (Å²) in [5, 5.41) is 0. The van der Waals surface area contributed by atoms with Crippen LogP contribution in [-0.4, -0.2) is 30.4 Å². The number of nitrogens with zero attached hydrogens (tertiary/aromatic N) is 1. The lowest BCUT2D eigenvalue weighted by atomic mass is 9.92. The van der Waals surface area contributed by atoms with Crippen LogP contribution in [-0.2, 0) is 4.79 Å². The molecule has 0 spiro atoms. The molecule has 2 unspecified atom stereocenters. The Labute approximate surface area is 98.5 Å². The first-order valence-electron chi connectivity index (χ1n) is 6.33. The molecule has 2 atom stereocenters. The lowest BCUT2D eigenvalue weighted by Crippen LogP contribution is -2.39. The highest BCUT2D eigenvalue weighted by molar-refractivity contribution is 5.75. The maximum absolute atomic E-state index is 10.9. The number of rotatable bonds is 5. The SMILES string of the molecule is CC1CC(C)CN(CCCCC(=O)NN)C1. The van der Waals surface area contributed by atoms with Crippen LogP contribution < -0.4 is 11.3 Å². The van der Waals surface area contributed by atoms with Gasteiger partial charge in [-0.2, -0.15) is 0 Å². The standard InChI is InChI=1S/C12H25N3O/c1-10-7-11(2)9-15(8-10)6-4-3-5-12(16)14-13/h10-11H,3-9,13H2,1-2H3,(H,14,16). The van der Waals surface area contributed by atoms with Gasteiger partial charge in [-0.05, 0) is 37.6 Å². The maximum Gasteiger partial charge on any atom is 0.233 e. The molecule has 4 heteroatoms. The first-order valence-corrected chi connectivity index (χ1v) is 6.33. The fourth-order valence-electron chi connectivity index (χ4n) is 2.67. The van der Waals surface area contributed by atoms with Gasteiger partial charge in [-0.3, -0.25) is 10.2 Å². The monoisotopic (exact) mass is 227 g/mol. The molecule has 0 aromatic heterocycles. The van der Waals surface area contributed by atoms with Gasteiger partial charge in [0.05, 0.1) is 0 Å². The van der Waals surface area contributed by atoms with Gasteiger partial charge in [-0.1, -0.05) is 13.8 Å². The van der Waals surface area contributed by atoms with Crippen LogP contribution in [0.5, 0.6) is 0 Å². The van der Waals surface area contributed by atoms with E-state index in [4.69, 9.17) is 5.84 Å². The normalized spacial score (nSPS) is 26.7. The second-order valence-corrected chi connectivity index (χ2v) is 5.23. The summed E-state index contributed by atoms with van der Waals surface area (Å²) in [7, 11) is 0. The first kappa shape index (κ1) is 13.5. The van der Waals surface area contributed by atoms with E-state index in [0.29, 0.717) is 6.42 Å². The number of hydrogen-bond acceptors (Lipinski definition) is 3. The highest BCUT2D eigenvalue weighted by Crippen LogP contribution is 2.21. The number of hydrazine groups is 1. The number of carbonyl (C=O) groups excluding carboxylic acids is 1. The van der Waals surface area contributed by atoms with Crippen molar-refractivity contribution in [1.82, 2.24) is 10.3 Å². The molecule has 0 aliphatic carbocycles. The van der Waals surface area contributed by atoms with Gasteiger partial charge >= 0.3 is 0 Å². The minimum atomic E-state index is -0.0552. The Hall–Kier alpha value is -0.610. The van der Waals surface area contributed by atoms with Gasteiger partial charge in [0.25, 0.3) is 0 Å². The predicted octanol–water partition coefficient (Wildman–Crippen LogP) is 1.12. The number of likely N-dealkylation sites (tertiary alicyclic amines) is 1. The van der Waals surface area contributed by atoms with Gasteiger partial charge in [0, 0.05) is 19.5 Å². The summed E-state index contributed by atoms with van der Waals surface area (Å²) in [4.78, 5) is 13.4. The molecule has 4 nitrogen and oxygen atoms in total. The fraction of sp³-hybridized carbons (Fsp3) is 0.917. The Morgan fingerprint density at radius 2 is 1.94 bits per heavy atom. The molecule has 0 aromatic carbocycles. The van der Waals surface area contributed by atoms with E-state index in [0.717, 1.165) is 31.2 Å². The lowest BCUT2D eigenvalue weighted by Gasteiger charge is -2.34. The van der Waals surface area contributed by atoms with E-state index >= 15 is 0 Å². The molecule has 1 rings (SSSR count). The summed E-state index contributed by atoms with van der Waals surface area (Å²) in [5.74, 6) is 6.60. The third-order valence-corrected chi connectivity index (χ3v) is 3.23. The van der Waals surface area contributed by atoms with Crippen molar-refractivity contribution < 1.29 is 4.79 Å². The lowest BCUT2D eigenvalue weighted by molar-refractivity contribution is -0.121. The second-order valence-electron chi connectivity index (χ2n) is 5.23. The summed E-state index contributed by atoms with van der Waals surface area (Å²) in [5.41, 5.74) is 2.16. The van der Waals surface area contributed by atoms with Crippen LogP contribution in [0.25, 0.3) is 0 Å². The highest BCUT2D eigenvalue weighted by atomic mass is 16.2. The van der Waals surface area contributed by atoms with Gasteiger partial charge in [-0.25, -0.2) is 5.84 Å². The molecule has 1 fully saturated rings.